The number of fused-ring (bicyclic) bond motifs is 2. The number of aromatic nitrogens is 4. The van der Waals surface area contributed by atoms with E-state index < -0.39 is 0 Å². The van der Waals surface area contributed by atoms with Crippen LogP contribution in [0.15, 0.2) is 30.6 Å². The Bertz CT molecular complexity index is 1140. The summed E-state index contributed by atoms with van der Waals surface area (Å²) in [6.45, 7) is 8.93. The zero-order valence-electron chi connectivity index (χ0n) is 16.8. The van der Waals surface area contributed by atoms with Gasteiger partial charge in [0.05, 0.1) is 11.9 Å². The molecule has 1 aliphatic heterocycles. The van der Waals surface area contributed by atoms with Crippen molar-refractivity contribution in [2.75, 3.05) is 13.1 Å². The van der Waals surface area contributed by atoms with Crippen LogP contribution in [0.3, 0.4) is 0 Å². The van der Waals surface area contributed by atoms with Gasteiger partial charge in [-0.15, -0.1) is 0 Å². The molecular formula is C23H27N5. The Balaban J connectivity index is 1.74. The molecule has 0 aliphatic carbocycles. The largest absolute Gasteiger partial charge is 0.354 e. The molecule has 1 fully saturated rings. The highest BCUT2D eigenvalue weighted by Crippen LogP contribution is 2.40. The van der Waals surface area contributed by atoms with Gasteiger partial charge in [0.25, 0.3) is 0 Å². The number of aryl methyl sites for hydroxylation is 1. The summed E-state index contributed by atoms with van der Waals surface area (Å²) in [6, 6.07) is 7.02. The minimum absolute atomic E-state index is 0.418. The number of piperidine rings is 1. The van der Waals surface area contributed by atoms with Crippen molar-refractivity contribution in [1.29, 1.82) is 0 Å². The predicted octanol–water partition coefficient (Wildman–Crippen LogP) is 5.01. The zero-order chi connectivity index (χ0) is 19.3. The second-order valence-corrected chi connectivity index (χ2v) is 8.35. The zero-order valence-corrected chi connectivity index (χ0v) is 16.8. The summed E-state index contributed by atoms with van der Waals surface area (Å²) >= 11 is 0. The highest BCUT2D eigenvalue weighted by molar-refractivity contribution is 5.99. The van der Waals surface area contributed by atoms with Crippen LogP contribution in [0, 0.1) is 6.92 Å². The van der Waals surface area contributed by atoms with E-state index in [-0.39, 0.29) is 0 Å². The van der Waals surface area contributed by atoms with Crippen molar-refractivity contribution in [2.45, 2.75) is 45.4 Å². The Hall–Kier alpha value is -2.66. The van der Waals surface area contributed by atoms with Crippen molar-refractivity contribution in [3.63, 3.8) is 0 Å². The molecular weight excluding hydrogens is 346 g/mol. The fourth-order valence-corrected chi connectivity index (χ4v) is 4.77. The summed E-state index contributed by atoms with van der Waals surface area (Å²) in [7, 11) is 0. The van der Waals surface area contributed by atoms with Gasteiger partial charge in [-0.1, -0.05) is 19.9 Å². The fraction of sp³-hybridized carbons (Fsp3) is 0.391. The van der Waals surface area contributed by atoms with Crippen LogP contribution in [0.5, 0.6) is 0 Å². The molecule has 0 saturated carbocycles. The molecule has 5 heteroatoms. The average molecular weight is 374 g/mol. The highest BCUT2D eigenvalue weighted by Gasteiger charge is 2.22. The van der Waals surface area contributed by atoms with E-state index in [1.54, 1.807) is 0 Å². The van der Waals surface area contributed by atoms with E-state index in [0.717, 1.165) is 24.1 Å². The Morgan fingerprint density at radius 3 is 2.68 bits per heavy atom. The van der Waals surface area contributed by atoms with Gasteiger partial charge >= 0.3 is 0 Å². The smallest absolute Gasteiger partial charge is 0.155 e. The first-order chi connectivity index (χ1) is 13.6. The van der Waals surface area contributed by atoms with E-state index in [2.05, 4.69) is 64.5 Å². The van der Waals surface area contributed by atoms with Gasteiger partial charge in [0.15, 0.2) is 5.65 Å². The van der Waals surface area contributed by atoms with Crippen molar-refractivity contribution in [3.8, 4) is 11.3 Å². The van der Waals surface area contributed by atoms with Crippen molar-refractivity contribution in [1.82, 2.24) is 25.5 Å². The fourth-order valence-electron chi connectivity index (χ4n) is 4.77. The van der Waals surface area contributed by atoms with E-state index in [1.807, 2.05) is 12.4 Å². The van der Waals surface area contributed by atoms with E-state index in [4.69, 9.17) is 0 Å². The lowest BCUT2D eigenvalue weighted by molar-refractivity contribution is 0.460. The lowest BCUT2D eigenvalue weighted by atomic mass is 9.88. The first-order valence-electron chi connectivity index (χ1n) is 10.3. The molecule has 144 valence electrons. The van der Waals surface area contributed by atoms with Crippen LogP contribution in [-0.2, 0) is 0 Å². The molecule has 0 radical (unpaired) electrons. The van der Waals surface area contributed by atoms with Gasteiger partial charge in [-0.25, -0.2) is 4.98 Å². The third kappa shape index (κ3) is 2.73. The molecule has 3 aromatic heterocycles. The number of benzene rings is 1. The molecule has 28 heavy (non-hydrogen) atoms. The molecule has 1 aromatic carbocycles. The standard InChI is InChI=1S/C23H27N5/c1-13(2)20-17-10-16(15-6-8-24-9-7-15)4-5-19(17)27-22(20)21-14(3)11-25-23-18(21)12-26-28-23/h4-5,10-13,15,24,27H,6-9H2,1-3H3,(H,25,26,28). The maximum absolute atomic E-state index is 4.49. The number of rotatable bonds is 3. The lowest BCUT2D eigenvalue weighted by Gasteiger charge is -2.23. The van der Waals surface area contributed by atoms with Gasteiger partial charge < -0.3 is 10.3 Å². The molecule has 0 amide bonds. The third-order valence-corrected chi connectivity index (χ3v) is 6.17. The number of hydrogen-bond donors (Lipinski definition) is 3. The van der Waals surface area contributed by atoms with E-state index in [9.17, 15) is 0 Å². The van der Waals surface area contributed by atoms with Crippen molar-refractivity contribution < 1.29 is 0 Å². The summed E-state index contributed by atoms with van der Waals surface area (Å²) in [5, 5.41) is 13.1. The number of hydrogen-bond acceptors (Lipinski definition) is 3. The van der Waals surface area contributed by atoms with Crippen LogP contribution in [0.25, 0.3) is 33.2 Å². The summed E-state index contributed by atoms with van der Waals surface area (Å²) in [6.07, 6.45) is 6.27. The minimum Gasteiger partial charge on any atom is -0.354 e. The van der Waals surface area contributed by atoms with Gasteiger partial charge in [-0.05, 0) is 73.5 Å². The SMILES string of the molecule is Cc1cnc2[nH]ncc2c1-c1[nH]c2ccc(C3CCNCC3)cc2c1C(C)C. The lowest BCUT2D eigenvalue weighted by Crippen LogP contribution is -2.26. The molecule has 0 unspecified atom stereocenters. The number of aromatic amines is 2. The van der Waals surface area contributed by atoms with Gasteiger partial charge in [-0.2, -0.15) is 5.10 Å². The molecule has 1 saturated heterocycles. The Labute approximate surface area is 165 Å². The maximum Gasteiger partial charge on any atom is 0.155 e. The van der Waals surface area contributed by atoms with Crippen LogP contribution >= 0.6 is 0 Å². The minimum atomic E-state index is 0.418. The first-order valence-corrected chi connectivity index (χ1v) is 10.3. The molecule has 5 rings (SSSR count). The Morgan fingerprint density at radius 1 is 1.07 bits per heavy atom. The molecule has 3 N–H and O–H groups in total. The number of pyridine rings is 1. The van der Waals surface area contributed by atoms with Crippen molar-refractivity contribution in [3.05, 3.63) is 47.3 Å². The molecule has 0 bridgehead atoms. The monoisotopic (exact) mass is 373 g/mol. The summed E-state index contributed by atoms with van der Waals surface area (Å²) < 4.78 is 0. The Kier molecular flexibility index (Phi) is 4.20. The van der Waals surface area contributed by atoms with Crippen LogP contribution in [0.1, 0.15) is 55.2 Å². The van der Waals surface area contributed by atoms with Crippen molar-refractivity contribution >= 4 is 21.9 Å². The van der Waals surface area contributed by atoms with Gasteiger partial charge in [0.2, 0.25) is 0 Å². The first kappa shape index (κ1) is 17.4. The van der Waals surface area contributed by atoms with Gasteiger partial charge in [0.1, 0.15) is 0 Å². The van der Waals surface area contributed by atoms with Crippen LogP contribution in [0.2, 0.25) is 0 Å². The molecule has 0 atom stereocenters. The second-order valence-electron chi connectivity index (χ2n) is 8.35. The molecule has 0 spiro atoms. The number of H-pyrrole nitrogens is 2. The number of nitrogens with zero attached hydrogens (tertiary/aromatic N) is 2. The van der Waals surface area contributed by atoms with Crippen molar-refractivity contribution in [2.24, 2.45) is 0 Å². The summed E-state index contributed by atoms with van der Waals surface area (Å²) in [5.41, 5.74) is 8.50. The highest BCUT2D eigenvalue weighted by atomic mass is 15.1. The van der Waals surface area contributed by atoms with E-state index in [1.165, 1.54) is 51.7 Å². The topological polar surface area (TPSA) is 69.4 Å². The summed E-state index contributed by atoms with van der Waals surface area (Å²) in [4.78, 5) is 8.23. The Morgan fingerprint density at radius 2 is 1.89 bits per heavy atom. The molecule has 4 aromatic rings. The molecule has 1 aliphatic rings. The average Bonchev–Trinajstić information content (AvgIpc) is 3.32. The van der Waals surface area contributed by atoms with E-state index >= 15 is 0 Å². The quantitative estimate of drug-likeness (QED) is 0.473. The van der Waals surface area contributed by atoms with E-state index in [0.29, 0.717) is 11.8 Å². The number of nitrogens with one attached hydrogen (secondary N) is 3. The summed E-state index contributed by atoms with van der Waals surface area (Å²) in [5.74, 6) is 1.08. The van der Waals surface area contributed by atoms with Crippen LogP contribution < -0.4 is 5.32 Å². The van der Waals surface area contributed by atoms with Crippen LogP contribution in [0.4, 0.5) is 0 Å². The normalized spacial score (nSPS) is 15.9. The predicted molar refractivity (Wildman–Crippen MR) is 115 cm³/mol. The molecule has 5 nitrogen and oxygen atoms in total. The maximum atomic E-state index is 4.49. The third-order valence-electron chi connectivity index (χ3n) is 6.17. The van der Waals surface area contributed by atoms with Gasteiger partial charge in [-0.3, -0.25) is 5.10 Å². The van der Waals surface area contributed by atoms with Gasteiger partial charge in [0, 0.05) is 28.0 Å². The van der Waals surface area contributed by atoms with Crippen LogP contribution in [-0.4, -0.2) is 33.3 Å². The molecule has 4 heterocycles. The second kappa shape index (κ2) is 6.74.